The van der Waals surface area contributed by atoms with Crippen molar-refractivity contribution in [3.63, 3.8) is 0 Å². The number of aromatic nitrogens is 3. The van der Waals surface area contributed by atoms with Gasteiger partial charge in [0.25, 0.3) is 5.69 Å². The first kappa shape index (κ1) is 22.2. The molecule has 0 bridgehead atoms. The van der Waals surface area contributed by atoms with Crippen molar-refractivity contribution in [3.8, 4) is 5.75 Å². The van der Waals surface area contributed by atoms with Crippen LogP contribution in [0.2, 0.25) is 0 Å². The van der Waals surface area contributed by atoms with Crippen LogP contribution in [-0.2, 0) is 0 Å². The van der Waals surface area contributed by atoms with Crippen LogP contribution in [0.4, 0.5) is 23.5 Å². The van der Waals surface area contributed by atoms with Gasteiger partial charge in [0.05, 0.1) is 15.6 Å². The molecule has 0 amide bonds. The summed E-state index contributed by atoms with van der Waals surface area (Å²) in [5.41, 5.74) is 2.84. The Balaban J connectivity index is 1.59. The van der Waals surface area contributed by atoms with Crippen molar-refractivity contribution in [2.24, 2.45) is 5.10 Å². The Bertz CT molecular complexity index is 970. The highest BCUT2D eigenvalue weighted by molar-refractivity contribution is 9.10. The maximum Gasteiger partial charge on any atom is 0.271 e. The Morgan fingerprint density at radius 3 is 2.09 bits per heavy atom. The molecule has 2 aliphatic rings. The average molecular weight is 505 g/mol. The lowest BCUT2D eigenvalue weighted by atomic mass is 10.1. The van der Waals surface area contributed by atoms with Crippen molar-refractivity contribution in [2.75, 3.05) is 41.4 Å². The van der Waals surface area contributed by atoms with Gasteiger partial charge in [-0.15, -0.1) is 0 Å². The molecule has 1 aromatic carbocycles. The van der Waals surface area contributed by atoms with Gasteiger partial charge in [0.2, 0.25) is 17.8 Å². The van der Waals surface area contributed by atoms with E-state index in [1.54, 1.807) is 0 Å². The zero-order valence-corrected chi connectivity index (χ0v) is 19.2. The zero-order chi connectivity index (χ0) is 22.5. The molecule has 2 N–H and O–H groups in total. The van der Waals surface area contributed by atoms with Crippen molar-refractivity contribution < 1.29 is 10.0 Å². The van der Waals surface area contributed by atoms with E-state index in [2.05, 4.69) is 46.2 Å². The van der Waals surface area contributed by atoms with Crippen LogP contribution in [0.3, 0.4) is 0 Å². The van der Waals surface area contributed by atoms with Crippen LogP contribution in [-0.4, -0.2) is 57.4 Å². The van der Waals surface area contributed by atoms with Crippen molar-refractivity contribution in [1.82, 2.24) is 15.0 Å². The molecule has 2 aromatic rings. The van der Waals surface area contributed by atoms with Gasteiger partial charge in [-0.25, -0.2) is 5.43 Å². The lowest BCUT2D eigenvalue weighted by molar-refractivity contribution is -0.385. The third-order valence-electron chi connectivity index (χ3n) is 5.55. The Morgan fingerprint density at radius 1 is 1.00 bits per heavy atom. The van der Waals surface area contributed by atoms with E-state index in [1.807, 2.05) is 0 Å². The van der Waals surface area contributed by atoms with Gasteiger partial charge in [-0.05, 0) is 54.5 Å². The largest absolute Gasteiger partial charge is 0.506 e. The Morgan fingerprint density at radius 2 is 1.56 bits per heavy atom. The SMILES string of the molecule is O=[N+]([O-])c1cc(Br)c(O)c(/C=N/Nc2nc(N3CCCCC3)nc(N3CCCCC3)n2)c1. The van der Waals surface area contributed by atoms with Gasteiger partial charge >= 0.3 is 0 Å². The molecule has 11 nitrogen and oxygen atoms in total. The van der Waals surface area contributed by atoms with E-state index in [-0.39, 0.29) is 21.5 Å². The minimum atomic E-state index is -0.531. The maximum atomic E-state index is 11.1. The van der Waals surface area contributed by atoms with Crippen molar-refractivity contribution in [2.45, 2.75) is 38.5 Å². The van der Waals surface area contributed by atoms with Crippen molar-refractivity contribution in [1.29, 1.82) is 0 Å². The minimum Gasteiger partial charge on any atom is -0.506 e. The topological polar surface area (TPSA) is 133 Å². The van der Waals surface area contributed by atoms with E-state index in [0.29, 0.717) is 17.8 Å². The quantitative estimate of drug-likeness (QED) is 0.343. The summed E-state index contributed by atoms with van der Waals surface area (Å²) in [6.07, 6.45) is 8.13. The first-order valence-corrected chi connectivity index (χ1v) is 11.5. The van der Waals surface area contributed by atoms with Gasteiger partial charge in [0, 0.05) is 43.9 Å². The molecule has 2 saturated heterocycles. The van der Waals surface area contributed by atoms with E-state index in [4.69, 9.17) is 4.98 Å². The predicted molar refractivity (Wildman–Crippen MR) is 126 cm³/mol. The number of hydrogen-bond acceptors (Lipinski definition) is 10. The molecule has 0 radical (unpaired) electrons. The highest BCUT2D eigenvalue weighted by Gasteiger charge is 2.20. The number of nitrogens with zero attached hydrogens (tertiary/aromatic N) is 7. The number of nitro groups is 1. The molecule has 1 aromatic heterocycles. The van der Waals surface area contributed by atoms with Crippen LogP contribution < -0.4 is 15.2 Å². The number of nitrogens with one attached hydrogen (secondary N) is 1. The number of phenols is 1. The summed E-state index contributed by atoms with van der Waals surface area (Å²) in [7, 11) is 0. The lowest BCUT2D eigenvalue weighted by Gasteiger charge is -2.30. The fraction of sp³-hybridized carbons (Fsp3) is 0.500. The highest BCUT2D eigenvalue weighted by atomic mass is 79.9. The van der Waals surface area contributed by atoms with E-state index in [9.17, 15) is 15.2 Å². The lowest BCUT2D eigenvalue weighted by Crippen LogP contribution is -2.34. The summed E-state index contributed by atoms with van der Waals surface area (Å²) in [6, 6.07) is 2.48. The Hall–Kier alpha value is -3.02. The van der Waals surface area contributed by atoms with Crippen molar-refractivity contribution in [3.05, 3.63) is 32.3 Å². The van der Waals surface area contributed by atoms with Gasteiger partial charge in [0.15, 0.2) is 0 Å². The minimum absolute atomic E-state index is 0.139. The summed E-state index contributed by atoms with van der Waals surface area (Å²) >= 11 is 3.13. The van der Waals surface area contributed by atoms with Crippen LogP contribution in [0, 0.1) is 10.1 Å². The molecular weight excluding hydrogens is 480 g/mol. The number of rotatable bonds is 6. The smallest absolute Gasteiger partial charge is 0.271 e. The fourth-order valence-corrected chi connectivity index (χ4v) is 4.31. The molecule has 3 heterocycles. The first-order valence-electron chi connectivity index (χ1n) is 10.7. The first-order chi connectivity index (χ1) is 15.5. The molecule has 12 heteroatoms. The summed E-state index contributed by atoms with van der Waals surface area (Å²) in [4.78, 5) is 28.7. The van der Waals surface area contributed by atoms with Gasteiger partial charge in [-0.3, -0.25) is 10.1 Å². The number of benzene rings is 1. The van der Waals surface area contributed by atoms with Gasteiger partial charge in [0.1, 0.15) is 5.75 Å². The molecule has 0 saturated carbocycles. The number of aromatic hydroxyl groups is 1. The molecule has 170 valence electrons. The maximum absolute atomic E-state index is 11.1. The second-order valence-electron chi connectivity index (χ2n) is 7.85. The second kappa shape index (κ2) is 10.1. The molecule has 0 spiro atoms. The van der Waals surface area contributed by atoms with E-state index in [1.165, 1.54) is 31.2 Å². The standard InChI is InChI=1S/C20H25BrN8O3/c21-16-12-15(29(31)32)11-14(17(16)30)13-22-26-18-23-19(27-7-3-1-4-8-27)25-20(24-18)28-9-5-2-6-10-28/h11-13,30H,1-10H2,(H,23,24,25,26)/b22-13+. The summed E-state index contributed by atoms with van der Waals surface area (Å²) in [6.45, 7) is 3.62. The third kappa shape index (κ3) is 5.23. The molecule has 2 aliphatic heterocycles. The second-order valence-corrected chi connectivity index (χ2v) is 8.70. The number of halogens is 1. The zero-order valence-electron chi connectivity index (χ0n) is 17.6. The summed E-state index contributed by atoms with van der Waals surface area (Å²) in [5.74, 6) is 1.40. The number of non-ortho nitro benzene ring substituents is 1. The number of phenolic OH excluding ortho intramolecular Hbond substituents is 1. The fourth-order valence-electron chi connectivity index (χ4n) is 3.84. The Labute approximate surface area is 193 Å². The van der Waals surface area contributed by atoms with Crippen LogP contribution in [0.5, 0.6) is 5.75 Å². The summed E-state index contributed by atoms with van der Waals surface area (Å²) < 4.78 is 0.216. The van der Waals surface area contributed by atoms with Crippen molar-refractivity contribution >= 4 is 45.7 Å². The highest BCUT2D eigenvalue weighted by Crippen LogP contribution is 2.31. The van der Waals surface area contributed by atoms with Gasteiger partial charge in [-0.1, -0.05) is 0 Å². The van der Waals surface area contributed by atoms with Crippen LogP contribution in [0.1, 0.15) is 44.1 Å². The molecule has 32 heavy (non-hydrogen) atoms. The van der Waals surface area contributed by atoms with E-state index >= 15 is 0 Å². The molecular formula is C20H25BrN8O3. The number of hydrazone groups is 1. The number of piperidine rings is 2. The monoisotopic (exact) mass is 504 g/mol. The average Bonchev–Trinajstić information content (AvgIpc) is 2.82. The molecule has 2 fully saturated rings. The molecule has 0 aliphatic carbocycles. The van der Waals surface area contributed by atoms with Gasteiger partial charge < -0.3 is 14.9 Å². The van der Waals surface area contributed by atoms with E-state index < -0.39 is 4.92 Å². The number of anilines is 3. The van der Waals surface area contributed by atoms with Gasteiger partial charge in [-0.2, -0.15) is 20.1 Å². The molecule has 0 atom stereocenters. The molecule has 4 rings (SSSR count). The van der Waals surface area contributed by atoms with E-state index in [0.717, 1.165) is 51.9 Å². The third-order valence-corrected chi connectivity index (χ3v) is 6.15. The Kier molecular flexibility index (Phi) is 6.98. The number of hydrogen-bond donors (Lipinski definition) is 2. The normalized spacial score (nSPS) is 17.0. The summed E-state index contributed by atoms with van der Waals surface area (Å²) in [5, 5.41) is 25.4. The van der Waals surface area contributed by atoms with Crippen LogP contribution >= 0.6 is 15.9 Å². The molecule has 0 unspecified atom stereocenters. The predicted octanol–water partition coefficient (Wildman–Crippen LogP) is 3.67. The van der Waals surface area contributed by atoms with Crippen LogP contribution in [0.25, 0.3) is 0 Å². The number of nitro benzene ring substituents is 1. The van der Waals surface area contributed by atoms with Crippen LogP contribution in [0.15, 0.2) is 21.7 Å².